The van der Waals surface area contributed by atoms with Gasteiger partial charge in [0.25, 0.3) is 0 Å². The van der Waals surface area contributed by atoms with Crippen molar-refractivity contribution in [3.8, 4) is 11.1 Å². The van der Waals surface area contributed by atoms with Crippen molar-refractivity contribution in [3.05, 3.63) is 70.9 Å². The number of carbonyl (C=O) groups excluding carboxylic acids is 1. The summed E-state index contributed by atoms with van der Waals surface area (Å²) in [6.07, 6.45) is 1.73. The summed E-state index contributed by atoms with van der Waals surface area (Å²) < 4.78 is 13.5. The molecule has 4 aromatic rings. The minimum absolute atomic E-state index is 0.293. The SMILES string of the molecule is Cc1sc2nc(C(C)C(N)=O)nc(NCc3ccccn3)c2c1-c1ccc(F)cc1. The summed E-state index contributed by atoms with van der Waals surface area (Å²) in [5, 5.41) is 4.17. The zero-order valence-corrected chi connectivity index (χ0v) is 17.3. The molecular formula is C22H20FN5OS. The fraction of sp³-hybridized carbons (Fsp3) is 0.182. The average Bonchev–Trinajstić information content (AvgIpc) is 3.08. The number of carbonyl (C=O) groups is 1. The van der Waals surface area contributed by atoms with Crippen molar-refractivity contribution in [2.75, 3.05) is 5.32 Å². The Hall–Kier alpha value is -3.39. The number of hydrogen-bond donors (Lipinski definition) is 2. The Labute approximate surface area is 177 Å². The van der Waals surface area contributed by atoms with Gasteiger partial charge in [-0.3, -0.25) is 9.78 Å². The third kappa shape index (κ3) is 3.86. The van der Waals surface area contributed by atoms with Crippen molar-refractivity contribution in [3.63, 3.8) is 0 Å². The summed E-state index contributed by atoms with van der Waals surface area (Å²) in [7, 11) is 0. The first-order valence-corrected chi connectivity index (χ1v) is 10.3. The van der Waals surface area contributed by atoms with Crippen LogP contribution in [0.4, 0.5) is 10.2 Å². The predicted molar refractivity (Wildman–Crippen MR) is 117 cm³/mol. The highest BCUT2D eigenvalue weighted by molar-refractivity contribution is 7.19. The van der Waals surface area contributed by atoms with Gasteiger partial charge in [-0.1, -0.05) is 18.2 Å². The van der Waals surface area contributed by atoms with Crippen molar-refractivity contribution in [1.82, 2.24) is 15.0 Å². The number of anilines is 1. The number of nitrogens with one attached hydrogen (secondary N) is 1. The molecule has 6 nitrogen and oxygen atoms in total. The van der Waals surface area contributed by atoms with Crippen LogP contribution in [0.1, 0.15) is 29.2 Å². The zero-order chi connectivity index (χ0) is 21.3. The second-order valence-electron chi connectivity index (χ2n) is 6.95. The van der Waals surface area contributed by atoms with Gasteiger partial charge in [-0.25, -0.2) is 14.4 Å². The van der Waals surface area contributed by atoms with E-state index in [4.69, 9.17) is 5.73 Å². The maximum Gasteiger partial charge on any atom is 0.227 e. The highest BCUT2D eigenvalue weighted by atomic mass is 32.1. The number of halogens is 1. The van der Waals surface area contributed by atoms with Gasteiger partial charge in [0.2, 0.25) is 5.91 Å². The molecule has 0 saturated carbocycles. The van der Waals surface area contributed by atoms with E-state index in [-0.39, 0.29) is 5.82 Å². The molecular weight excluding hydrogens is 401 g/mol. The Morgan fingerprint density at radius 1 is 1.20 bits per heavy atom. The van der Waals surface area contributed by atoms with Crippen molar-refractivity contribution >= 4 is 33.3 Å². The zero-order valence-electron chi connectivity index (χ0n) is 16.5. The first-order chi connectivity index (χ1) is 14.4. The first-order valence-electron chi connectivity index (χ1n) is 9.44. The van der Waals surface area contributed by atoms with Crippen LogP contribution in [0.5, 0.6) is 0 Å². The van der Waals surface area contributed by atoms with Crippen molar-refractivity contribution in [2.24, 2.45) is 5.73 Å². The topological polar surface area (TPSA) is 93.8 Å². The van der Waals surface area contributed by atoms with E-state index in [1.165, 1.54) is 23.5 Å². The number of nitrogens with two attached hydrogens (primary N) is 1. The summed E-state index contributed by atoms with van der Waals surface area (Å²) in [5.41, 5.74) is 8.15. The fourth-order valence-electron chi connectivity index (χ4n) is 3.22. The highest BCUT2D eigenvalue weighted by Crippen LogP contribution is 2.41. The number of thiophene rings is 1. The van der Waals surface area contributed by atoms with E-state index in [9.17, 15) is 9.18 Å². The second-order valence-corrected chi connectivity index (χ2v) is 8.15. The molecule has 1 amide bonds. The maximum atomic E-state index is 13.5. The molecule has 0 saturated heterocycles. The molecule has 1 unspecified atom stereocenters. The molecule has 3 aromatic heterocycles. The average molecular weight is 422 g/mol. The van der Waals surface area contributed by atoms with E-state index >= 15 is 0 Å². The monoisotopic (exact) mass is 421 g/mol. The van der Waals surface area contributed by atoms with E-state index in [1.54, 1.807) is 25.3 Å². The van der Waals surface area contributed by atoms with E-state index in [0.717, 1.165) is 31.9 Å². The third-order valence-corrected chi connectivity index (χ3v) is 5.85. The smallest absolute Gasteiger partial charge is 0.227 e. The van der Waals surface area contributed by atoms with Crippen LogP contribution in [0.3, 0.4) is 0 Å². The summed E-state index contributed by atoms with van der Waals surface area (Å²) >= 11 is 1.50. The number of aromatic nitrogens is 3. The molecule has 1 aromatic carbocycles. The lowest BCUT2D eigenvalue weighted by atomic mass is 10.0. The maximum absolute atomic E-state index is 13.5. The molecule has 0 aliphatic rings. The van der Waals surface area contributed by atoms with Crippen LogP contribution in [-0.4, -0.2) is 20.9 Å². The number of fused-ring (bicyclic) bond motifs is 1. The molecule has 0 fully saturated rings. The Morgan fingerprint density at radius 2 is 1.97 bits per heavy atom. The standard InChI is InChI=1S/C22H20FN5OS/c1-12(19(24)29)20-27-21(26-11-16-5-3-4-10-25-16)18-17(13(2)30-22(18)28-20)14-6-8-15(23)9-7-14/h3-10,12H,11H2,1-2H3,(H2,24,29)(H,26,27,28). The molecule has 3 N–H and O–H groups in total. The second kappa shape index (κ2) is 8.16. The van der Waals surface area contributed by atoms with Crippen LogP contribution in [0, 0.1) is 12.7 Å². The summed E-state index contributed by atoms with van der Waals surface area (Å²) in [6, 6.07) is 12.0. The van der Waals surface area contributed by atoms with Gasteiger partial charge in [0.05, 0.1) is 23.5 Å². The first kappa shape index (κ1) is 19.9. The van der Waals surface area contributed by atoms with E-state index in [1.807, 2.05) is 25.1 Å². The minimum atomic E-state index is -0.624. The summed E-state index contributed by atoms with van der Waals surface area (Å²) in [5.74, 6) is -0.445. The van der Waals surface area contributed by atoms with Gasteiger partial charge in [-0.2, -0.15) is 0 Å². The number of rotatable bonds is 6. The van der Waals surface area contributed by atoms with Crippen LogP contribution in [0.2, 0.25) is 0 Å². The molecule has 0 radical (unpaired) electrons. The molecule has 0 spiro atoms. The minimum Gasteiger partial charge on any atom is -0.369 e. The Kier molecular flexibility index (Phi) is 5.41. The van der Waals surface area contributed by atoms with Crippen LogP contribution in [0.15, 0.2) is 48.7 Å². The highest BCUT2D eigenvalue weighted by Gasteiger charge is 2.22. The molecule has 4 rings (SSSR count). The normalized spacial score (nSPS) is 12.1. The van der Waals surface area contributed by atoms with Gasteiger partial charge in [-0.15, -0.1) is 11.3 Å². The largest absolute Gasteiger partial charge is 0.369 e. The molecule has 30 heavy (non-hydrogen) atoms. The number of amides is 1. The van der Waals surface area contributed by atoms with Gasteiger partial charge >= 0.3 is 0 Å². The molecule has 152 valence electrons. The van der Waals surface area contributed by atoms with Crippen LogP contribution in [-0.2, 0) is 11.3 Å². The number of pyridine rings is 1. The molecule has 0 aliphatic heterocycles. The van der Waals surface area contributed by atoms with E-state index in [0.29, 0.717) is 18.2 Å². The van der Waals surface area contributed by atoms with Gasteiger partial charge < -0.3 is 11.1 Å². The molecule has 0 aliphatic carbocycles. The Bertz CT molecular complexity index is 1210. The van der Waals surface area contributed by atoms with Gasteiger partial charge in [-0.05, 0) is 43.7 Å². The fourth-order valence-corrected chi connectivity index (χ4v) is 4.27. The van der Waals surface area contributed by atoms with Crippen LogP contribution in [0.25, 0.3) is 21.3 Å². The van der Waals surface area contributed by atoms with E-state index in [2.05, 4.69) is 20.3 Å². The quantitative estimate of drug-likeness (QED) is 0.481. The third-order valence-electron chi connectivity index (χ3n) is 4.86. The number of primary amides is 1. The van der Waals surface area contributed by atoms with Crippen molar-refractivity contribution in [1.29, 1.82) is 0 Å². The van der Waals surface area contributed by atoms with Crippen LogP contribution < -0.4 is 11.1 Å². The van der Waals surface area contributed by atoms with Gasteiger partial charge in [0, 0.05) is 16.6 Å². The lowest BCUT2D eigenvalue weighted by molar-refractivity contribution is -0.119. The number of hydrogen-bond acceptors (Lipinski definition) is 6. The number of benzene rings is 1. The summed E-state index contributed by atoms with van der Waals surface area (Å²) in [6.45, 7) is 4.13. The number of aryl methyl sites for hydroxylation is 1. The predicted octanol–water partition coefficient (Wildman–Crippen LogP) is 4.40. The molecule has 8 heteroatoms. The van der Waals surface area contributed by atoms with Gasteiger partial charge in [0.1, 0.15) is 22.3 Å². The van der Waals surface area contributed by atoms with Crippen LogP contribution >= 0.6 is 11.3 Å². The molecule has 0 bridgehead atoms. The van der Waals surface area contributed by atoms with Crippen molar-refractivity contribution in [2.45, 2.75) is 26.3 Å². The lowest BCUT2D eigenvalue weighted by Crippen LogP contribution is -2.21. The lowest BCUT2D eigenvalue weighted by Gasteiger charge is -2.13. The Balaban J connectivity index is 1.87. The molecule has 1 atom stereocenters. The Morgan fingerprint density at radius 3 is 2.63 bits per heavy atom. The van der Waals surface area contributed by atoms with E-state index < -0.39 is 11.8 Å². The number of nitrogens with zero attached hydrogens (tertiary/aromatic N) is 3. The van der Waals surface area contributed by atoms with Crippen molar-refractivity contribution < 1.29 is 9.18 Å². The molecule has 3 heterocycles. The van der Waals surface area contributed by atoms with Gasteiger partial charge in [0.15, 0.2) is 0 Å². The summed E-state index contributed by atoms with van der Waals surface area (Å²) in [4.78, 5) is 27.1.